The second-order valence-electron chi connectivity index (χ2n) is 4.41. The van der Waals surface area contributed by atoms with Gasteiger partial charge in [-0.15, -0.1) is 0 Å². The first-order chi connectivity index (χ1) is 8.38. The first-order valence-electron chi connectivity index (χ1n) is 5.58. The Labute approximate surface area is 106 Å². The van der Waals surface area contributed by atoms with Crippen LogP contribution in [0.4, 0.5) is 0 Å². The standard InChI is InChI=1S/C14H16O4/c1-10(11-6-4-3-5-7-11)8-9-14(2,12(15)16)13(17)18/h3-7H,1,8-9H2,2H3,(H,15,16)(H,17,18). The summed E-state index contributed by atoms with van der Waals surface area (Å²) in [5.41, 5.74) is -0.127. The molecule has 4 nitrogen and oxygen atoms in total. The minimum atomic E-state index is -1.77. The van der Waals surface area contributed by atoms with E-state index in [1.165, 1.54) is 6.92 Å². The van der Waals surface area contributed by atoms with Gasteiger partial charge in [0.25, 0.3) is 0 Å². The van der Waals surface area contributed by atoms with Crippen molar-refractivity contribution in [1.82, 2.24) is 0 Å². The molecule has 0 aliphatic carbocycles. The predicted octanol–water partition coefficient (Wildman–Crippen LogP) is 2.66. The summed E-state index contributed by atoms with van der Waals surface area (Å²) in [6.45, 7) is 5.08. The average Bonchev–Trinajstić information content (AvgIpc) is 2.36. The number of carbonyl (C=O) groups is 2. The van der Waals surface area contributed by atoms with Gasteiger partial charge in [0.05, 0.1) is 0 Å². The van der Waals surface area contributed by atoms with Crippen LogP contribution >= 0.6 is 0 Å². The molecule has 0 unspecified atom stereocenters. The van der Waals surface area contributed by atoms with Gasteiger partial charge in [-0.3, -0.25) is 9.59 Å². The van der Waals surface area contributed by atoms with Crippen LogP contribution in [0, 0.1) is 5.41 Å². The molecule has 0 bridgehead atoms. The highest BCUT2D eigenvalue weighted by atomic mass is 16.4. The molecular weight excluding hydrogens is 232 g/mol. The molecule has 0 saturated heterocycles. The third kappa shape index (κ3) is 2.97. The van der Waals surface area contributed by atoms with Crippen molar-refractivity contribution < 1.29 is 19.8 Å². The van der Waals surface area contributed by atoms with Gasteiger partial charge in [-0.05, 0) is 30.9 Å². The van der Waals surface area contributed by atoms with Crippen molar-refractivity contribution in [3.63, 3.8) is 0 Å². The predicted molar refractivity (Wildman–Crippen MR) is 68.1 cm³/mol. The average molecular weight is 248 g/mol. The van der Waals surface area contributed by atoms with Gasteiger partial charge in [0.2, 0.25) is 0 Å². The Hall–Kier alpha value is -2.10. The fourth-order valence-electron chi connectivity index (χ4n) is 1.52. The van der Waals surface area contributed by atoms with E-state index in [2.05, 4.69) is 6.58 Å². The van der Waals surface area contributed by atoms with Crippen LogP contribution in [0.15, 0.2) is 36.9 Å². The number of allylic oxidation sites excluding steroid dienone is 1. The zero-order valence-electron chi connectivity index (χ0n) is 10.2. The largest absolute Gasteiger partial charge is 0.480 e. The van der Waals surface area contributed by atoms with Crippen molar-refractivity contribution in [1.29, 1.82) is 0 Å². The van der Waals surface area contributed by atoms with E-state index in [4.69, 9.17) is 10.2 Å². The van der Waals surface area contributed by atoms with Crippen molar-refractivity contribution in [2.24, 2.45) is 5.41 Å². The lowest BCUT2D eigenvalue weighted by molar-refractivity contribution is -0.163. The fraction of sp³-hybridized carbons (Fsp3) is 0.286. The van der Waals surface area contributed by atoms with Crippen molar-refractivity contribution in [3.05, 3.63) is 42.5 Å². The van der Waals surface area contributed by atoms with E-state index in [-0.39, 0.29) is 6.42 Å². The quantitative estimate of drug-likeness (QED) is 0.759. The molecule has 0 saturated carbocycles. The Bertz CT molecular complexity index is 448. The molecule has 1 aromatic carbocycles. The molecular formula is C14H16O4. The van der Waals surface area contributed by atoms with Gasteiger partial charge in [0, 0.05) is 0 Å². The van der Waals surface area contributed by atoms with Gasteiger partial charge in [-0.25, -0.2) is 0 Å². The number of hydrogen-bond acceptors (Lipinski definition) is 2. The Morgan fingerprint density at radius 3 is 2.11 bits per heavy atom. The Kier molecular flexibility index (Phi) is 4.26. The smallest absolute Gasteiger partial charge is 0.320 e. The summed E-state index contributed by atoms with van der Waals surface area (Å²) >= 11 is 0. The topological polar surface area (TPSA) is 74.6 Å². The third-order valence-corrected chi connectivity index (χ3v) is 3.05. The lowest BCUT2D eigenvalue weighted by Crippen LogP contribution is -2.36. The Morgan fingerprint density at radius 1 is 1.17 bits per heavy atom. The summed E-state index contributed by atoms with van der Waals surface area (Å²) in [5.74, 6) is -2.65. The molecule has 0 heterocycles. The van der Waals surface area contributed by atoms with E-state index in [1.807, 2.05) is 30.3 Å². The highest BCUT2D eigenvalue weighted by Gasteiger charge is 2.41. The minimum absolute atomic E-state index is 0.0192. The van der Waals surface area contributed by atoms with E-state index >= 15 is 0 Å². The Morgan fingerprint density at radius 2 is 1.67 bits per heavy atom. The minimum Gasteiger partial charge on any atom is -0.480 e. The zero-order chi connectivity index (χ0) is 13.8. The highest BCUT2D eigenvalue weighted by Crippen LogP contribution is 2.29. The van der Waals surface area contributed by atoms with E-state index < -0.39 is 17.4 Å². The first-order valence-corrected chi connectivity index (χ1v) is 5.58. The molecule has 96 valence electrons. The van der Waals surface area contributed by atoms with E-state index in [9.17, 15) is 9.59 Å². The van der Waals surface area contributed by atoms with Crippen molar-refractivity contribution in [2.75, 3.05) is 0 Å². The van der Waals surface area contributed by atoms with Gasteiger partial charge in [0.1, 0.15) is 0 Å². The van der Waals surface area contributed by atoms with Crippen LogP contribution in [0.2, 0.25) is 0 Å². The number of rotatable bonds is 6. The molecule has 1 rings (SSSR count). The second-order valence-corrected chi connectivity index (χ2v) is 4.41. The van der Waals surface area contributed by atoms with Gasteiger partial charge < -0.3 is 10.2 Å². The maximum atomic E-state index is 11.0. The normalized spacial score (nSPS) is 10.9. The summed E-state index contributed by atoms with van der Waals surface area (Å²) in [6, 6.07) is 9.31. The summed E-state index contributed by atoms with van der Waals surface area (Å²) in [6.07, 6.45) is 0.352. The molecule has 1 aromatic rings. The van der Waals surface area contributed by atoms with E-state index in [0.29, 0.717) is 6.42 Å². The van der Waals surface area contributed by atoms with Crippen LogP contribution in [0.3, 0.4) is 0 Å². The number of aliphatic carboxylic acids is 2. The summed E-state index contributed by atoms with van der Waals surface area (Å²) in [4.78, 5) is 22.0. The molecule has 0 spiro atoms. The highest BCUT2D eigenvalue weighted by molar-refractivity contribution is 5.97. The van der Waals surface area contributed by atoms with Gasteiger partial charge in [-0.2, -0.15) is 0 Å². The van der Waals surface area contributed by atoms with Crippen LogP contribution in [0.25, 0.3) is 5.57 Å². The molecule has 0 atom stereocenters. The van der Waals surface area contributed by atoms with E-state index in [1.54, 1.807) is 0 Å². The maximum Gasteiger partial charge on any atom is 0.320 e. The zero-order valence-corrected chi connectivity index (χ0v) is 10.2. The second kappa shape index (κ2) is 5.49. The number of carboxylic acids is 2. The molecule has 0 fully saturated rings. The molecule has 0 amide bonds. The van der Waals surface area contributed by atoms with Gasteiger partial charge >= 0.3 is 11.9 Å². The monoisotopic (exact) mass is 248 g/mol. The van der Waals surface area contributed by atoms with Gasteiger partial charge in [0.15, 0.2) is 5.41 Å². The molecule has 0 aliphatic heterocycles. The Balaban J connectivity index is 2.73. The third-order valence-electron chi connectivity index (χ3n) is 3.05. The molecule has 0 aromatic heterocycles. The fourth-order valence-corrected chi connectivity index (χ4v) is 1.52. The number of carboxylic acid groups (broad SMARTS) is 2. The molecule has 2 N–H and O–H groups in total. The van der Waals surface area contributed by atoms with Crippen LogP contribution in [-0.2, 0) is 9.59 Å². The van der Waals surface area contributed by atoms with E-state index in [0.717, 1.165) is 11.1 Å². The maximum absolute atomic E-state index is 11.0. The number of benzene rings is 1. The van der Waals surface area contributed by atoms with Crippen molar-refractivity contribution >= 4 is 17.5 Å². The first kappa shape index (κ1) is 14.0. The van der Waals surface area contributed by atoms with Crippen molar-refractivity contribution in [3.8, 4) is 0 Å². The SMILES string of the molecule is C=C(CCC(C)(C(=O)O)C(=O)O)c1ccccc1. The molecule has 4 heteroatoms. The number of hydrogen-bond donors (Lipinski definition) is 2. The lowest BCUT2D eigenvalue weighted by atomic mass is 9.83. The van der Waals surface area contributed by atoms with Crippen molar-refractivity contribution in [2.45, 2.75) is 19.8 Å². The molecule has 0 radical (unpaired) electrons. The molecule has 0 aliphatic rings. The van der Waals surface area contributed by atoms with Crippen LogP contribution in [0.1, 0.15) is 25.3 Å². The van der Waals surface area contributed by atoms with Crippen LogP contribution in [0.5, 0.6) is 0 Å². The summed E-state index contributed by atoms with van der Waals surface area (Å²) < 4.78 is 0. The summed E-state index contributed by atoms with van der Waals surface area (Å²) in [5, 5.41) is 18.0. The van der Waals surface area contributed by atoms with Gasteiger partial charge in [-0.1, -0.05) is 36.9 Å². The van der Waals surface area contributed by atoms with Crippen LogP contribution < -0.4 is 0 Å². The summed E-state index contributed by atoms with van der Waals surface area (Å²) in [7, 11) is 0. The van der Waals surface area contributed by atoms with Crippen LogP contribution in [-0.4, -0.2) is 22.2 Å². The molecule has 18 heavy (non-hydrogen) atoms. The lowest BCUT2D eigenvalue weighted by Gasteiger charge is -2.20.